The Morgan fingerprint density at radius 2 is 1.96 bits per heavy atom. The molecular formula is C18H24IN3S. The molecule has 0 spiro atoms. The molecule has 23 heavy (non-hydrogen) atoms. The minimum absolute atomic E-state index is 0. The Kier molecular flexibility index (Phi) is 6.89. The number of thiophene rings is 1. The highest BCUT2D eigenvalue weighted by atomic mass is 127. The second-order valence-corrected chi connectivity index (χ2v) is 6.88. The Morgan fingerprint density at radius 3 is 2.65 bits per heavy atom. The number of fused-ring (bicyclic) bond motifs is 1. The fraction of sp³-hybridized carbons (Fsp3) is 0.389. The summed E-state index contributed by atoms with van der Waals surface area (Å²) in [6, 6.07) is 13.1. The lowest BCUT2D eigenvalue weighted by Crippen LogP contribution is -2.40. The van der Waals surface area contributed by atoms with Crippen molar-refractivity contribution >= 4 is 41.3 Å². The zero-order valence-electron chi connectivity index (χ0n) is 13.6. The van der Waals surface area contributed by atoms with E-state index in [1.807, 2.05) is 18.4 Å². The lowest BCUT2D eigenvalue weighted by atomic mass is 9.78. The summed E-state index contributed by atoms with van der Waals surface area (Å²) >= 11 is 1.87. The molecule has 1 atom stereocenters. The van der Waals surface area contributed by atoms with E-state index in [2.05, 4.69) is 58.9 Å². The maximum Gasteiger partial charge on any atom is 0.191 e. The van der Waals surface area contributed by atoms with Gasteiger partial charge in [0, 0.05) is 29.3 Å². The lowest BCUT2D eigenvalue weighted by Gasteiger charge is -2.30. The summed E-state index contributed by atoms with van der Waals surface area (Å²) in [6.45, 7) is 3.98. The van der Waals surface area contributed by atoms with Crippen molar-refractivity contribution in [2.75, 3.05) is 13.6 Å². The smallest absolute Gasteiger partial charge is 0.191 e. The van der Waals surface area contributed by atoms with Crippen LogP contribution in [0.15, 0.2) is 41.4 Å². The first-order valence-corrected chi connectivity index (χ1v) is 8.71. The monoisotopic (exact) mass is 441 g/mol. The molecule has 0 radical (unpaired) electrons. The molecule has 1 aliphatic carbocycles. The average molecular weight is 441 g/mol. The van der Waals surface area contributed by atoms with Gasteiger partial charge in [-0.05, 0) is 36.1 Å². The summed E-state index contributed by atoms with van der Waals surface area (Å²) in [5.41, 5.74) is 2.97. The minimum atomic E-state index is 0. The zero-order chi connectivity index (χ0) is 15.4. The van der Waals surface area contributed by atoms with E-state index in [-0.39, 0.29) is 24.0 Å². The van der Waals surface area contributed by atoms with Gasteiger partial charge in [-0.2, -0.15) is 0 Å². The number of benzene rings is 1. The van der Waals surface area contributed by atoms with Gasteiger partial charge in [-0.3, -0.25) is 4.99 Å². The third-order valence-corrected chi connectivity index (χ3v) is 5.43. The Balaban J connectivity index is 0.00000192. The summed E-state index contributed by atoms with van der Waals surface area (Å²) < 4.78 is 0. The molecule has 0 bridgehead atoms. The molecule has 1 heterocycles. The first kappa shape index (κ1) is 18.3. The molecule has 1 unspecified atom stereocenters. The van der Waals surface area contributed by atoms with Gasteiger partial charge in [0.15, 0.2) is 5.96 Å². The maximum atomic E-state index is 4.32. The summed E-state index contributed by atoms with van der Waals surface area (Å²) in [6.07, 6.45) is 2.28. The van der Waals surface area contributed by atoms with Crippen LogP contribution in [0.1, 0.15) is 33.7 Å². The molecule has 1 aliphatic rings. The van der Waals surface area contributed by atoms with Gasteiger partial charge in [-0.25, -0.2) is 0 Å². The summed E-state index contributed by atoms with van der Waals surface area (Å²) in [4.78, 5) is 7.11. The highest BCUT2D eigenvalue weighted by Gasteiger charge is 2.25. The third-order valence-electron chi connectivity index (χ3n) is 4.20. The van der Waals surface area contributed by atoms with Gasteiger partial charge in [-0.1, -0.05) is 31.2 Å². The number of aryl methyl sites for hydroxylation is 1. The lowest BCUT2D eigenvalue weighted by molar-refractivity contribution is 0.584. The van der Waals surface area contributed by atoms with Crippen molar-refractivity contribution < 1.29 is 0 Å². The van der Waals surface area contributed by atoms with E-state index in [4.69, 9.17) is 0 Å². The van der Waals surface area contributed by atoms with Crippen molar-refractivity contribution in [3.05, 3.63) is 57.3 Å². The van der Waals surface area contributed by atoms with Crippen molar-refractivity contribution in [2.45, 2.75) is 32.2 Å². The van der Waals surface area contributed by atoms with E-state index >= 15 is 0 Å². The van der Waals surface area contributed by atoms with E-state index in [0.717, 1.165) is 25.5 Å². The van der Waals surface area contributed by atoms with Gasteiger partial charge in [0.25, 0.3) is 0 Å². The largest absolute Gasteiger partial charge is 0.356 e. The summed E-state index contributed by atoms with van der Waals surface area (Å²) in [5, 5.41) is 6.85. The number of hydrogen-bond acceptors (Lipinski definition) is 2. The molecule has 1 aromatic heterocycles. The molecule has 0 saturated carbocycles. The van der Waals surface area contributed by atoms with Gasteiger partial charge < -0.3 is 10.6 Å². The zero-order valence-corrected chi connectivity index (χ0v) is 16.8. The molecule has 3 nitrogen and oxygen atoms in total. The van der Waals surface area contributed by atoms with Gasteiger partial charge in [0.2, 0.25) is 0 Å². The average Bonchev–Trinajstić information content (AvgIpc) is 2.99. The molecule has 1 aromatic carbocycles. The third kappa shape index (κ3) is 4.47. The van der Waals surface area contributed by atoms with Gasteiger partial charge >= 0.3 is 0 Å². The SMILES string of the molecule is CCc1ccc(CNC(=NC)NCC2Cc3ccccc32)s1.I. The van der Waals surface area contributed by atoms with Crippen molar-refractivity contribution in [1.29, 1.82) is 0 Å². The predicted octanol–water partition coefficient (Wildman–Crippen LogP) is 3.93. The maximum absolute atomic E-state index is 4.32. The van der Waals surface area contributed by atoms with E-state index in [1.54, 1.807) is 0 Å². The second-order valence-electron chi connectivity index (χ2n) is 5.63. The molecule has 0 aliphatic heterocycles. The number of nitrogens with one attached hydrogen (secondary N) is 2. The van der Waals surface area contributed by atoms with E-state index < -0.39 is 0 Å². The van der Waals surface area contributed by atoms with Gasteiger partial charge in [0.1, 0.15) is 0 Å². The normalized spacial score (nSPS) is 16.1. The molecule has 0 saturated heterocycles. The van der Waals surface area contributed by atoms with Gasteiger partial charge in [0.05, 0.1) is 6.54 Å². The number of halogens is 1. The van der Waals surface area contributed by atoms with Crippen LogP contribution < -0.4 is 10.6 Å². The number of aliphatic imine (C=N–C) groups is 1. The standard InChI is InChI=1S/C18H23N3S.HI/c1-3-15-8-9-16(22-15)12-21-18(19-2)20-11-14-10-13-6-4-5-7-17(13)14;/h4-9,14H,3,10-12H2,1-2H3,(H2,19,20,21);1H. The fourth-order valence-corrected chi connectivity index (χ4v) is 3.76. The molecule has 124 valence electrons. The number of rotatable bonds is 5. The fourth-order valence-electron chi connectivity index (χ4n) is 2.86. The Bertz CT molecular complexity index is 666. The van der Waals surface area contributed by atoms with Crippen LogP contribution >= 0.6 is 35.3 Å². The highest BCUT2D eigenvalue weighted by Crippen LogP contribution is 2.33. The predicted molar refractivity (Wildman–Crippen MR) is 110 cm³/mol. The molecule has 2 aromatic rings. The van der Waals surface area contributed by atoms with Crippen LogP contribution in [0, 0.1) is 0 Å². The van der Waals surface area contributed by atoms with Crippen LogP contribution in [0.5, 0.6) is 0 Å². The Labute approximate surface area is 159 Å². The summed E-state index contributed by atoms with van der Waals surface area (Å²) in [7, 11) is 1.83. The van der Waals surface area contributed by atoms with Crippen LogP contribution in [0.2, 0.25) is 0 Å². The van der Waals surface area contributed by atoms with Gasteiger partial charge in [-0.15, -0.1) is 35.3 Å². The highest BCUT2D eigenvalue weighted by molar-refractivity contribution is 14.0. The van der Waals surface area contributed by atoms with E-state index in [9.17, 15) is 0 Å². The van der Waals surface area contributed by atoms with Crippen molar-refractivity contribution in [1.82, 2.24) is 10.6 Å². The number of guanidine groups is 1. The molecular weight excluding hydrogens is 417 g/mol. The minimum Gasteiger partial charge on any atom is -0.356 e. The van der Waals surface area contributed by atoms with Crippen LogP contribution in [0.3, 0.4) is 0 Å². The van der Waals surface area contributed by atoms with Crippen molar-refractivity contribution in [2.24, 2.45) is 4.99 Å². The molecule has 0 amide bonds. The first-order valence-electron chi connectivity index (χ1n) is 7.90. The quantitative estimate of drug-likeness (QED) is 0.419. The Morgan fingerprint density at radius 1 is 1.17 bits per heavy atom. The van der Waals surface area contributed by atoms with Crippen LogP contribution in [-0.4, -0.2) is 19.6 Å². The molecule has 2 N–H and O–H groups in total. The van der Waals surface area contributed by atoms with Crippen LogP contribution in [0.25, 0.3) is 0 Å². The number of nitrogens with zero attached hydrogens (tertiary/aromatic N) is 1. The van der Waals surface area contributed by atoms with Crippen LogP contribution in [0.4, 0.5) is 0 Å². The second kappa shape index (κ2) is 8.68. The Hall–Kier alpha value is -1.08. The van der Waals surface area contributed by atoms with E-state index in [1.165, 1.54) is 27.3 Å². The molecule has 0 fully saturated rings. The van der Waals surface area contributed by atoms with Crippen molar-refractivity contribution in [3.8, 4) is 0 Å². The van der Waals surface area contributed by atoms with Crippen molar-refractivity contribution in [3.63, 3.8) is 0 Å². The number of hydrogen-bond donors (Lipinski definition) is 2. The summed E-state index contributed by atoms with van der Waals surface area (Å²) in [5.74, 6) is 1.50. The van der Waals surface area contributed by atoms with Crippen LogP contribution in [-0.2, 0) is 19.4 Å². The topological polar surface area (TPSA) is 36.4 Å². The first-order chi connectivity index (χ1) is 10.8. The van der Waals surface area contributed by atoms with E-state index in [0.29, 0.717) is 5.92 Å². The molecule has 5 heteroatoms. The molecule has 3 rings (SSSR count).